The van der Waals surface area contributed by atoms with Gasteiger partial charge in [0.2, 0.25) is 0 Å². The fraction of sp³-hybridized carbons (Fsp3) is 1.00. The minimum atomic E-state index is -1.81. The van der Waals surface area contributed by atoms with Crippen LogP contribution in [0.25, 0.3) is 0 Å². The molecule has 0 unspecified atom stereocenters. The summed E-state index contributed by atoms with van der Waals surface area (Å²) in [5.41, 5.74) is 0.322. The quantitative estimate of drug-likeness (QED) is 0.713. The molecule has 1 radical (unpaired) electrons. The summed E-state index contributed by atoms with van der Waals surface area (Å²) in [7, 11) is 0. The van der Waals surface area contributed by atoms with Gasteiger partial charge in [0, 0.05) is 0 Å². The average Bonchev–Trinajstić information content (AvgIpc) is 2.07. The van der Waals surface area contributed by atoms with Gasteiger partial charge in [-0.05, 0) is 0 Å². The molecule has 0 aliphatic carbocycles. The first-order chi connectivity index (χ1) is 8.07. The van der Waals surface area contributed by atoms with Gasteiger partial charge >= 0.3 is 123 Å². The molecule has 1 aliphatic rings. The summed E-state index contributed by atoms with van der Waals surface area (Å²) in [6.45, 7) is 22.4. The summed E-state index contributed by atoms with van der Waals surface area (Å²) < 4.78 is 8.40. The standard InChI is InChI=1S/C8H18N2.C6H14N.Sn/c1-7(2)9-6-10-8(3,4)5;1-5(2)7-6(3)4;/h7H,6H2,1-5H3;5-6H,1-4H3;/q-2;-1;+3. The van der Waals surface area contributed by atoms with Gasteiger partial charge in [-0.25, -0.2) is 0 Å². The van der Waals surface area contributed by atoms with E-state index in [1.165, 1.54) is 6.67 Å². The van der Waals surface area contributed by atoms with Gasteiger partial charge in [-0.2, -0.15) is 0 Å². The van der Waals surface area contributed by atoms with E-state index < -0.39 is 20.6 Å². The summed E-state index contributed by atoms with van der Waals surface area (Å²) in [5.74, 6) is 0. The molecule has 3 nitrogen and oxygen atoms in total. The third-order valence-electron chi connectivity index (χ3n) is 3.57. The third-order valence-corrected chi connectivity index (χ3v) is 14.9. The van der Waals surface area contributed by atoms with E-state index in [1.54, 1.807) is 0 Å². The van der Waals surface area contributed by atoms with Crippen LogP contribution < -0.4 is 0 Å². The van der Waals surface area contributed by atoms with Crippen LogP contribution in [0.3, 0.4) is 0 Å². The molecule has 0 amide bonds. The molecule has 1 rings (SSSR count). The first-order valence-corrected chi connectivity index (χ1v) is 11.1. The van der Waals surface area contributed by atoms with Crippen LogP contribution in [0, 0.1) is 0 Å². The Morgan fingerprint density at radius 1 is 0.944 bits per heavy atom. The topological polar surface area (TPSA) is 9.72 Å². The van der Waals surface area contributed by atoms with E-state index >= 15 is 0 Å². The first kappa shape index (κ1) is 16.7. The molecule has 1 heterocycles. The van der Waals surface area contributed by atoms with Gasteiger partial charge in [0.05, 0.1) is 0 Å². The van der Waals surface area contributed by atoms with Crippen molar-refractivity contribution in [3.63, 3.8) is 0 Å². The second-order valence-corrected chi connectivity index (χ2v) is 13.6. The zero-order valence-electron chi connectivity index (χ0n) is 13.8. The minimum absolute atomic E-state index is 0.322. The molecule has 0 aromatic carbocycles. The van der Waals surface area contributed by atoms with Crippen LogP contribution in [0.4, 0.5) is 0 Å². The van der Waals surface area contributed by atoms with E-state index in [1.807, 2.05) is 0 Å². The maximum absolute atomic E-state index is 2.82. The van der Waals surface area contributed by atoms with Crippen molar-refractivity contribution in [2.75, 3.05) is 6.67 Å². The van der Waals surface area contributed by atoms with Crippen LogP contribution in [-0.2, 0) is 0 Å². The van der Waals surface area contributed by atoms with E-state index in [9.17, 15) is 0 Å². The molecule has 0 N–H and O–H groups in total. The van der Waals surface area contributed by atoms with Crippen molar-refractivity contribution in [1.29, 1.82) is 0 Å². The van der Waals surface area contributed by atoms with Crippen LogP contribution in [0.15, 0.2) is 0 Å². The van der Waals surface area contributed by atoms with E-state index in [-0.39, 0.29) is 0 Å². The summed E-state index contributed by atoms with van der Waals surface area (Å²) in [6.07, 6.45) is 0. The van der Waals surface area contributed by atoms with Crippen LogP contribution in [-0.4, -0.2) is 60.3 Å². The molecule has 0 saturated carbocycles. The van der Waals surface area contributed by atoms with Gasteiger partial charge in [-0.1, -0.05) is 0 Å². The van der Waals surface area contributed by atoms with Crippen molar-refractivity contribution in [1.82, 2.24) is 9.36 Å². The van der Waals surface area contributed by atoms with Crippen LogP contribution in [0.1, 0.15) is 62.3 Å². The zero-order valence-corrected chi connectivity index (χ0v) is 16.6. The summed E-state index contributed by atoms with van der Waals surface area (Å²) in [6, 6.07) is 2.01. The molecule has 1 fully saturated rings. The third kappa shape index (κ3) is 3.41. The molecule has 1 aliphatic heterocycles. The second-order valence-electron chi connectivity index (χ2n) is 7.20. The molecule has 107 valence electrons. The average molecular weight is 361 g/mol. The predicted octanol–water partition coefficient (Wildman–Crippen LogP) is 2.87. The summed E-state index contributed by atoms with van der Waals surface area (Å²) in [5, 5.41) is 0. The molecule has 0 aromatic heterocycles. The molecule has 4 heteroatoms. The SMILES string of the molecule is CC(C)[N]1C[N](C(C)(C)C)[Sn]1[N](C(C)C)C(C)C. The van der Waals surface area contributed by atoms with Gasteiger partial charge in [0.15, 0.2) is 0 Å². The van der Waals surface area contributed by atoms with E-state index in [0.717, 1.165) is 0 Å². The van der Waals surface area contributed by atoms with Gasteiger partial charge in [-0.15, -0.1) is 0 Å². The van der Waals surface area contributed by atoms with Gasteiger partial charge in [-0.3, -0.25) is 0 Å². The maximum atomic E-state index is 2.82. The molecule has 1 saturated heterocycles. The first-order valence-electron chi connectivity index (χ1n) is 7.27. The molecule has 0 bridgehead atoms. The predicted molar refractivity (Wildman–Crippen MR) is 81.3 cm³/mol. The van der Waals surface area contributed by atoms with E-state index in [0.29, 0.717) is 23.7 Å². The van der Waals surface area contributed by atoms with Gasteiger partial charge < -0.3 is 0 Å². The van der Waals surface area contributed by atoms with Crippen LogP contribution >= 0.6 is 0 Å². The molecule has 18 heavy (non-hydrogen) atoms. The van der Waals surface area contributed by atoms with Crippen LogP contribution in [0.5, 0.6) is 0 Å². The van der Waals surface area contributed by atoms with Crippen molar-refractivity contribution in [3.8, 4) is 0 Å². The number of hydrogen-bond donors (Lipinski definition) is 0. The molecule has 0 aromatic rings. The summed E-state index contributed by atoms with van der Waals surface area (Å²) >= 11 is -1.81. The Hall–Kier alpha value is 0.679. The number of hydrogen-bond acceptors (Lipinski definition) is 3. The Morgan fingerprint density at radius 2 is 1.39 bits per heavy atom. The van der Waals surface area contributed by atoms with Crippen molar-refractivity contribution >= 4 is 20.6 Å². The second kappa shape index (κ2) is 5.98. The monoisotopic (exact) mass is 362 g/mol. The zero-order chi connectivity index (χ0) is 14.2. The van der Waals surface area contributed by atoms with Gasteiger partial charge in [0.1, 0.15) is 0 Å². The number of rotatable bonds is 4. The Labute approximate surface area is 122 Å². The van der Waals surface area contributed by atoms with Crippen LogP contribution in [0.2, 0.25) is 0 Å². The molecule has 0 atom stereocenters. The van der Waals surface area contributed by atoms with Crippen molar-refractivity contribution in [2.45, 2.75) is 86.0 Å². The Balaban J connectivity index is 2.95. The van der Waals surface area contributed by atoms with Crippen molar-refractivity contribution in [3.05, 3.63) is 0 Å². The summed E-state index contributed by atoms with van der Waals surface area (Å²) in [4.78, 5) is 0. The Kier molecular flexibility index (Phi) is 5.56. The van der Waals surface area contributed by atoms with Gasteiger partial charge in [0.25, 0.3) is 0 Å². The molecule has 0 spiro atoms. The normalized spacial score (nSPS) is 20.5. The Bertz CT molecular complexity index is 263. The van der Waals surface area contributed by atoms with Crippen molar-refractivity contribution in [2.24, 2.45) is 0 Å². The van der Waals surface area contributed by atoms with E-state index in [2.05, 4.69) is 71.7 Å². The molecular weight excluding hydrogens is 329 g/mol. The number of nitrogens with zero attached hydrogens (tertiary/aromatic N) is 3. The molecular formula is C14H32N3Sn. The van der Waals surface area contributed by atoms with E-state index in [4.69, 9.17) is 0 Å². The fourth-order valence-electron chi connectivity index (χ4n) is 2.61. The van der Waals surface area contributed by atoms with Crippen molar-refractivity contribution < 1.29 is 0 Å². The fourth-order valence-corrected chi connectivity index (χ4v) is 11.7. The Morgan fingerprint density at radius 3 is 1.67 bits per heavy atom.